The zero-order chi connectivity index (χ0) is 25.8. The van der Waals surface area contributed by atoms with Crippen LogP contribution in [0.2, 0.25) is 0 Å². The molecule has 2 unspecified atom stereocenters. The summed E-state index contributed by atoms with van der Waals surface area (Å²) in [5, 5.41) is 3.48. The van der Waals surface area contributed by atoms with Crippen LogP contribution in [0.25, 0.3) is 10.9 Å². The Morgan fingerprint density at radius 3 is 2.58 bits per heavy atom. The van der Waals surface area contributed by atoms with Gasteiger partial charge in [0, 0.05) is 42.4 Å². The first-order valence-electron chi connectivity index (χ1n) is 11.9. The van der Waals surface area contributed by atoms with Gasteiger partial charge in [0.25, 0.3) is 5.56 Å². The molecule has 0 saturated carbocycles. The molecular formula is C26H30BrN5O4. The molecule has 1 saturated heterocycles. The number of hydrogen-bond donors (Lipinski definition) is 1. The molecule has 190 valence electrons. The second-order valence-electron chi connectivity index (χ2n) is 8.92. The average molecular weight is 556 g/mol. The van der Waals surface area contributed by atoms with Crippen LogP contribution in [0.5, 0.6) is 0 Å². The molecule has 1 aliphatic heterocycles. The predicted molar refractivity (Wildman–Crippen MR) is 142 cm³/mol. The van der Waals surface area contributed by atoms with Gasteiger partial charge in [-0.2, -0.15) is 0 Å². The quantitative estimate of drug-likeness (QED) is 0.461. The summed E-state index contributed by atoms with van der Waals surface area (Å²) >= 11 is 3.40. The monoisotopic (exact) mass is 555 g/mol. The van der Waals surface area contributed by atoms with Crippen LogP contribution < -0.4 is 10.9 Å². The highest BCUT2D eigenvalue weighted by Gasteiger charge is 2.32. The van der Waals surface area contributed by atoms with E-state index in [1.54, 1.807) is 16.7 Å². The van der Waals surface area contributed by atoms with E-state index in [1.807, 2.05) is 55.1 Å². The molecule has 3 aromatic rings. The van der Waals surface area contributed by atoms with Gasteiger partial charge in [-0.15, -0.1) is 0 Å². The van der Waals surface area contributed by atoms with Crippen molar-refractivity contribution in [1.82, 2.24) is 19.4 Å². The van der Waals surface area contributed by atoms with Gasteiger partial charge in [-0.25, -0.2) is 9.78 Å². The van der Waals surface area contributed by atoms with Crippen LogP contribution in [0, 0.1) is 0 Å². The molecule has 2 heterocycles. The lowest BCUT2D eigenvalue weighted by atomic mass is 10.1. The lowest BCUT2D eigenvalue weighted by Gasteiger charge is -2.42. The number of hydrogen-bond acceptors (Lipinski definition) is 6. The van der Waals surface area contributed by atoms with Gasteiger partial charge in [-0.05, 0) is 50.2 Å². The Hall–Kier alpha value is -3.24. The van der Waals surface area contributed by atoms with E-state index in [0.717, 1.165) is 10.2 Å². The fraction of sp³-hybridized carbons (Fsp3) is 0.385. The van der Waals surface area contributed by atoms with E-state index < -0.39 is 0 Å². The van der Waals surface area contributed by atoms with E-state index in [9.17, 15) is 14.4 Å². The molecule has 1 fully saturated rings. The number of carbonyl (C=O) groups is 2. The van der Waals surface area contributed by atoms with Gasteiger partial charge in [0.05, 0.1) is 30.5 Å². The third-order valence-electron chi connectivity index (χ3n) is 6.60. The maximum absolute atomic E-state index is 13.3. The minimum absolute atomic E-state index is 0.0488. The Balaban J connectivity index is 1.53. The van der Waals surface area contributed by atoms with Crippen LogP contribution in [0.3, 0.4) is 0 Å². The fourth-order valence-corrected chi connectivity index (χ4v) is 4.82. The number of esters is 1. The van der Waals surface area contributed by atoms with Crippen molar-refractivity contribution in [3.05, 3.63) is 69.2 Å². The molecule has 1 aliphatic rings. The number of nitrogens with zero attached hydrogens (tertiary/aromatic N) is 4. The number of aromatic nitrogens is 2. The van der Waals surface area contributed by atoms with E-state index in [0.29, 0.717) is 36.4 Å². The number of amides is 2. The standard InChI is InChI=1S/C26H30BrN5O4/c1-17-16-30(14-15-31(17)26(35)28-20-10-8-19(27)9-11-20)18(2)24-29-22-7-5-4-6-21(22)25(34)32(24)13-12-23(33)36-3/h4-11,17-18H,12-16H2,1-3H3,(H,28,35). The second-order valence-corrected chi connectivity index (χ2v) is 9.84. The largest absolute Gasteiger partial charge is 0.469 e. The topological polar surface area (TPSA) is 96.8 Å². The number of methoxy groups -OCH3 is 1. The number of anilines is 1. The number of fused-ring (bicyclic) bond motifs is 1. The van der Waals surface area contributed by atoms with Crippen molar-refractivity contribution in [2.24, 2.45) is 0 Å². The van der Waals surface area contributed by atoms with Crippen LogP contribution in [-0.2, 0) is 16.1 Å². The van der Waals surface area contributed by atoms with E-state index in [-0.39, 0.29) is 42.6 Å². The van der Waals surface area contributed by atoms with Crippen molar-refractivity contribution in [1.29, 1.82) is 0 Å². The maximum Gasteiger partial charge on any atom is 0.322 e. The van der Waals surface area contributed by atoms with Crippen LogP contribution in [0.4, 0.5) is 10.5 Å². The van der Waals surface area contributed by atoms with Crippen LogP contribution in [0.15, 0.2) is 57.8 Å². The van der Waals surface area contributed by atoms with Gasteiger partial charge in [-0.3, -0.25) is 19.1 Å². The van der Waals surface area contributed by atoms with Gasteiger partial charge < -0.3 is 15.0 Å². The lowest BCUT2D eigenvalue weighted by molar-refractivity contribution is -0.140. The molecule has 1 N–H and O–H groups in total. The van der Waals surface area contributed by atoms with Gasteiger partial charge in [-0.1, -0.05) is 28.1 Å². The smallest absolute Gasteiger partial charge is 0.322 e. The Morgan fingerprint density at radius 2 is 1.89 bits per heavy atom. The van der Waals surface area contributed by atoms with Crippen molar-refractivity contribution in [2.75, 3.05) is 32.1 Å². The van der Waals surface area contributed by atoms with Crippen LogP contribution in [-0.4, -0.2) is 64.1 Å². The molecule has 4 rings (SSSR count). The number of para-hydroxylation sites is 1. The summed E-state index contributed by atoms with van der Waals surface area (Å²) in [4.78, 5) is 46.9. The molecule has 1 aromatic heterocycles. The molecule has 0 aliphatic carbocycles. The van der Waals surface area contributed by atoms with Crippen LogP contribution in [0.1, 0.15) is 32.1 Å². The number of piperazine rings is 1. The molecule has 9 nitrogen and oxygen atoms in total. The fourth-order valence-electron chi connectivity index (χ4n) is 4.56. The first-order chi connectivity index (χ1) is 17.3. The summed E-state index contributed by atoms with van der Waals surface area (Å²) in [6, 6.07) is 14.3. The zero-order valence-electron chi connectivity index (χ0n) is 20.6. The molecule has 0 radical (unpaired) electrons. The zero-order valence-corrected chi connectivity index (χ0v) is 22.2. The highest BCUT2D eigenvalue weighted by Crippen LogP contribution is 2.24. The highest BCUT2D eigenvalue weighted by atomic mass is 79.9. The summed E-state index contributed by atoms with van der Waals surface area (Å²) in [6.45, 7) is 5.99. The van der Waals surface area contributed by atoms with E-state index >= 15 is 0 Å². The number of carbonyl (C=O) groups excluding carboxylic acids is 2. The van der Waals surface area contributed by atoms with Crippen LogP contribution >= 0.6 is 15.9 Å². The number of ether oxygens (including phenoxy) is 1. The third-order valence-corrected chi connectivity index (χ3v) is 7.12. The molecule has 0 spiro atoms. The predicted octanol–water partition coefficient (Wildman–Crippen LogP) is 4.02. The summed E-state index contributed by atoms with van der Waals surface area (Å²) in [5.74, 6) is 0.218. The van der Waals surface area contributed by atoms with E-state index in [1.165, 1.54) is 7.11 Å². The minimum atomic E-state index is -0.382. The van der Waals surface area contributed by atoms with Gasteiger partial charge in [0.15, 0.2) is 0 Å². The minimum Gasteiger partial charge on any atom is -0.469 e. The van der Waals surface area contributed by atoms with Crippen molar-refractivity contribution in [2.45, 2.75) is 38.9 Å². The molecule has 10 heteroatoms. The Bertz CT molecular complexity index is 1310. The summed E-state index contributed by atoms with van der Waals surface area (Å²) in [5.41, 5.74) is 1.19. The normalized spacial score (nSPS) is 17.1. The maximum atomic E-state index is 13.3. The van der Waals surface area contributed by atoms with Gasteiger partial charge in [0.1, 0.15) is 5.82 Å². The molecule has 2 atom stereocenters. The SMILES string of the molecule is COC(=O)CCn1c(C(C)N2CCN(C(=O)Nc3ccc(Br)cc3)C(C)C2)nc2ccccc2c1=O. The summed E-state index contributed by atoms with van der Waals surface area (Å²) in [6.07, 6.45) is 0.0799. The summed E-state index contributed by atoms with van der Waals surface area (Å²) in [7, 11) is 1.33. The van der Waals surface area contributed by atoms with E-state index in [2.05, 4.69) is 26.1 Å². The molecule has 2 amide bonds. The summed E-state index contributed by atoms with van der Waals surface area (Å²) < 4.78 is 7.31. The molecule has 2 aromatic carbocycles. The molecule has 0 bridgehead atoms. The Kier molecular flexibility index (Phi) is 8.05. The molecular weight excluding hydrogens is 526 g/mol. The van der Waals surface area contributed by atoms with Crippen molar-refractivity contribution in [3.63, 3.8) is 0 Å². The van der Waals surface area contributed by atoms with Crippen molar-refractivity contribution < 1.29 is 14.3 Å². The van der Waals surface area contributed by atoms with Gasteiger partial charge >= 0.3 is 12.0 Å². The number of urea groups is 1. The lowest BCUT2D eigenvalue weighted by Crippen LogP contribution is -2.55. The highest BCUT2D eigenvalue weighted by molar-refractivity contribution is 9.10. The Labute approximate surface area is 218 Å². The number of halogens is 1. The second kappa shape index (κ2) is 11.2. The number of nitrogens with one attached hydrogen (secondary N) is 1. The number of benzene rings is 2. The Morgan fingerprint density at radius 1 is 1.17 bits per heavy atom. The third kappa shape index (κ3) is 5.60. The first kappa shape index (κ1) is 25.8. The average Bonchev–Trinajstić information content (AvgIpc) is 2.88. The number of rotatable bonds is 6. The molecule has 36 heavy (non-hydrogen) atoms. The van der Waals surface area contributed by atoms with Crippen molar-refractivity contribution >= 4 is 44.5 Å². The van der Waals surface area contributed by atoms with Crippen molar-refractivity contribution in [3.8, 4) is 0 Å². The van der Waals surface area contributed by atoms with Gasteiger partial charge in [0.2, 0.25) is 0 Å². The van der Waals surface area contributed by atoms with E-state index in [4.69, 9.17) is 9.72 Å². The first-order valence-corrected chi connectivity index (χ1v) is 12.7.